The van der Waals surface area contributed by atoms with Crippen LogP contribution in [0.1, 0.15) is 11.1 Å². The maximum Gasteiger partial charge on any atom is 0.191 e. The molecule has 2 aromatic rings. The highest BCUT2D eigenvalue weighted by atomic mass is 32.1. The minimum absolute atomic E-state index is 0.217. The molecule has 0 radical (unpaired) electrons. The highest BCUT2D eigenvalue weighted by Crippen LogP contribution is 2.18. The zero-order valence-electron chi connectivity index (χ0n) is 13.1. The van der Waals surface area contributed by atoms with Crippen molar-refractivity contribution in [2.75, 3.05) is 26.0 Å². The third-order valence-electron chi connectivity index (χ3n) is 3.22. The fraction of sp³-hybridized carbons (Fsp3) is 0.312. The molecule has 0 aliphatic rings. The lowest BCUT2D eigenvalue weighted by molar-refractivity contribution is 0.623. The number of aliphatic imine (C=N–C) groups is 1. The molecule has 0 unspecified atom stereocenters. The zero-order chi connectivity index (χ0) is 15.9. The first-order valence-electron chi connectivity index (χ1n) is 7.01. The molecule has 2 N–H and O–H groups in total. The van der Waals surface area contributed by atoms with E-state index in [0.29, 0.717) is 18.2 Å². The largest absolute Gasteiger partial charge is 0.375 e. The van der Waals surface area contributed by atoms with Crippen LogP contribution in [-0.4, -0.2) is 27.1 Å². The molecule has 1 aromatic heterocycles. The van der Waals surface area contributed by atoms with E-state index in [1.807, 2.05) is 25.5 Å². The Morgan fingerprint density at radius 1 is 1.18 bits per heavy atom. The van der Waals surface area contributed by atoms with Gasteiger partial charge in [-0.1, -0.05) is 6.07 Å². The Morgan fingerprint density at radius 2 is 1.91 bits per heavy atom. The van der Waals surface area contributed by atoms with E-state index in [4.69, 9.17) is 0 Å². The second kappa shape index (κ2) is 7.79. The van der Waals surface area contributed by atoms with Crippen LogP contribution in [0.15, 0.2) is 40.0 Å². The summed E-state index contributed by atoms with van der Waals surface area (Å²) in [4.78, 5) is 5.92. The quantitative estimate of drug-likeness (QED) is 0.657. The van der Waals surface area contributed by atoms with E-state index in [0.717, 1.165) is 12.1 Å². The van der Waals surface area contributed by atoms with Gasteiger partial charge in [-0.05, 0) is 40.1 Å². The average Bonchev–Trinajstić information content (AvgIpc) is 3.00. The van der Waals surface area contributed by atoms with Gasteiger partial charge in [0, 0.05) is 34.2 Å². The number of hydrogen-bond donors (Lipinski definition) is 2. The van der Waals surface area contributed by atoms with Gasteiger partial charge in [-0.2, -0.15) is 11.3 Å². The van der Waals surface area contributed by atoms with Crippen LogP contribution in [0.5, 0.6) is 0 Å². The Kier molecular flexibility index (Phi) is 5.77. The third kappa shape index (κ3) is 4.46. The molecule has 0 atom stereocenters. The van der Waals surface area contributed by atoms with Crippen molar-refractivity contribution in [1.82, 2.24) is 10.6 Å². The summed E-state index contributed by atoms with van der Waals surface area (Å²) >= 11 is 1.67. The Hall–Kier alpha value is -2.08. The molecule has 0 saturated heterocycles. The molecule has 0 aliphatic carbocycles. The van der Waals surface area contributed by atoms with Crippen molar-refractivity contribution in [1.29, 1.82) is 0 Å². The summed E-state index contributed by atoms with van der Waals surface area (Å²) in [6.07, 6.45) is 0. The van der Waals surface area contributed by atoms with Crippen molar-refractivity contribution in [3.8, 4) is 0 Å². The Balaban J connectivity index is 1.89. The number of nitrogens with one attached hydrogen (secondary N) is 2. The molecule has 0 fully saturated rings. The number of nitrogens with zero attached hydrogens (tertiary/aromatic N) is 2. The van der Waals surface area contributed by atoms with Crippen molar-refractivity contribution < 1.29 is 4.39 Å². The van der Waals surface area contributed by atoms with Gasteiger partial charge in [-0.15, -0.1) is 0 Å². The van der Waals surface area contributed by atoms with Crippen LogP contribution in [0.2, 0.25) is 0 Å². The molecule has 0 aliphatic heterocycles. The normalized spacial score (nSPS) is 11.4. The molecule has 1 aromatic carbocycles. The van der Waals surface area contributed by atoms with Gasteiger partial charge >= 0.3 is 0 Å². The molecule has 1 heterocycles. The maximum absolute atomic E-state index is 13.9. The average molecular weight is 320 g/mol. The Bertz CT molecular complexity index is 623. The van der Waals surface area contributed by atoms with E-state index in [2.05, 4.69) is 27.1 Å². The molecular weight excluding hydrogens is 299 g/mol. The van der Waals surface area contributed by atoms with Gasteiger partial charge in [0.25, 0.3) is 0 Å². The van der Waals surface area contributed by atoms with E-state index in [1.54, 1.807) is 35.4 Å². The van der Waals surface area contributed by atoms with Gasteiger partial charge < -0.3 is 15.5 Å². The third-order valence-corrected chi connectivity index (χ3v) is 3.95. The Morgan fingerprint density at radius 3 is 2.45 bits per heavy atom. The molecule has 4 nitrogen and oxygen atoms in total. The van der Waals surface area contributed by atoms with Gasteiger partial charge in [-0.25, -0.2) is 4.39 Å². The van der Waals surface area contributed by atoms with Crippen molar-refractivity contribution in [2.24, 2.45) is 4.99 Å². The summed E-state index contributed by atoms with van der Waals surface area (Å²) in [6, 6.07) is 7.32. The van der Waals surface area contributed by atoms with Gasteiger partial charge in [0.15, 0.2) is 5.96 Å². The smallest absolute Gasteiger partial charge is 0.191 e. The van der Waals surface area contributed by atoms with Crippen LogP contribution in [0, 0.1) is 5.82 Å². The summed E-state index contributed by atoms with van der Waals surface area (Å²) in [5, 5.41) is 10.6. The molecule has 0 saturated carbocycles. The topological polar surface area (TPSA) is 39.7 Å². The van der Waals surface area contributed by atoms with Crippen LogP contribution in [0.3, 0.4) is 0 Å². The molecule has 118 valence electrons. The van der Waals surface area contributed by atoms with Crippen molar-refractivity contribution in [2.45, 2.75) is 13.1 Å². The molecular formula is C16H21FN4S. The summed E-state index contributed by atoms with van der Waals surface area (Å²) < 4.78 is 13.9. The number of benzene rings is 1. The summed E-state index contributed by atoms with van der Waals surface area (Å²) in [7, 11) is 5.37. The molecule has 6 heteroatoms. The zero-order valence-corrected chi connectivity index (χ0v) is 13.9. The van der Waals surface area contributed by atoms with Crippen molar-refractivity contribution in [3.05, 3.63) is 52.0 Å². The summed E-state index contributed by atoms with van der Waals surface area (Å²) in [5.41, 5.74) is 2.68. The van der Waals surface area contributed by atoms with Crippen LogP contribution in [0.25, 0.3) is 0 Å². The lowest BCUT2D eigenvalue weighted by atomic mass is 10.2. The Labute approximate surface area is 134 Å². The fourth-order valence-electron chi connectivity index (χ4n) is 2.01. The molecule has 0 bridgehead atoms. The lowest BCUT2D eigenvalue weighted by Gasteiger charge is -2.15. The minimum atomic E-state index is -0.217. The van der Waals surface area contributed by atoms with E-state index in [-0.39, 0.29) is 5.82 Å². The monoisotopic (exact) mass is 320 g/mol. The summed E-state index contributed by atoms with van der Waals surface area (Å²) in [5.74, 6) is 0.480. The number of anilines is 1. The number of halogens is 1. The first kappa shape index (κ1) is 16.3. The summed E-state index contributed by atoms with van der Waals surface area (Å²) in [6.45, 7) is 1.24. The highest BCUT2D eigenvalue weighted by Gasteiger charge is 2.06. The van der Waals surface area contributed by atoms with Crippen LogP contribution < -0.4 is 15.5 Å². The van der Waals surface area contributed by atoms with E-state index in [1.165, 1.54) is 5.56 Å². The van der Waals surface area contributed by atoms with Crippen molar-refractivity contribution >= 4 is 23.0 Å². The molecule has 0 spiro atoms. The molecule has 22 heavy (non-hydrogen) atoms. The van der Waals surface area contributed by atoms with Crippen LogP contribution in [-0.2, 0) is 13.1 Å². The van der Waals surface area contributed by atoms with Crippen LogP contribution in [0.4, 0.5) is 10.1 Å². The van der Waals surface area contributed by atoms with E-state index >= 15 is 0 Å². The van der Waals surface area contributed by atoms with Gasteiger partial charge in [0.05, 0.1) is 5.69 Å². The van der Waals surface area contributed by atoms with Gasteiger partial charge in [0.2, 0.25) is 0 Å². The van der Waals surface area contributed by atoms with Gasteiger partial charge in [-0.3, -0.25) is 4.99 Å². The highest BCUT2D eigenvalue weighted by molar-refractivity contribution is 7.07. The van der Waals surface area contributed by atoms with E-state index in [9.17, 15) is 4.39 Å². The number of rotatable bonds is 5. The number of guanidine groups is 1. The number of thiophene rings is 1. The lowest BCUT2D eigenvalue weighted by Crippen LogP contribution is -2.36. The predicted molar refractivity (Wildman–Crippen MR) is 92.1 cm³/mol. The van der Waals surface area contributed by atoms with Crippen LogP contribution >= 0.6 is 11.3 Å². The second-order valence-corrected chi connectivity index (χ2v) is 5.87. The number of hydrogen-bond acceptors (Lipinski definition) is 3. The van der Waals surface area contributed by atoms with E-state index < -0.39 is 0 Å². The molecule has 2 rings (SSSR count). The standard InChI is InChI=1S/C16H21FN4S/c1-18-16(20-10-13-6-7-22-11-13)19-9-12-4-5-15(21(2)3)14(17)8-12/h4-8,11H,9-10H2,1-3H3,(H2,18,19,20). The SMILES string of the molecule is CN=C(NCc1ccsc1)NCc1ccc(N(C)C)c(F)c1. The maximum atomic E-state index is 13.9. The molecule has 0 amide bonds. The van der Waals surface area contributed by atoms with Gasteiger partial charge in [0.1, 0.15) is 5.82 Å². The second-order valence-electron chi connectivity index (χ2n) is 5.09. The van der Waals surface area contributed by atoms with Crippen molar-refractivity contribution in [3.63, 3.8) is 0 Å². The first-order valence-corrected chi connectivity index (χ1v) is 7.95. The first-order chi connectivity index (χ1) is 10.6. The predicted octanol–water partition coefficient (Wildman–Crippen LogP) is 2.82. The minimum Gasteiger partial charge on any atom is -0.375 e. The fourth-order valence-corrected chi connectivity index (χ4v) is 2.68.